The van der Waals surface area contributed by atoms with Crippen molar-refractivity contribution in [2.24, 2.45) is 10.1 Å². The molecule has 1 aliphatic rings. The molecule has 118 valence electrons. The summed E-state index contributed by atoms with van der Waals surface area (Å²) in [6.45, 7) is 0. The van der Waals surface area contributed by atoms with E-state index in [1.54, 1.807) is 16.8 Å². The molecule has 24 heavy (non-hydrogen) atoms. The van der Waals surface area contributed by atoms with Gasteiger partial charge in [-0.1, -0.05) is 59.2 Å². The van der Waals surface area contributed by atoms with E-state index in [2.05, 4.69) is 20.2 Å². The molecule has 0 fully saturated rings. The Morgan fingerprint density at radius 1 is 1.04 bits per heavy atom. The molecule has 1 aliphatic heterocycles. The molecule has 6 nitrogen and oxygen atoms in total. The maximum Gasteiger partial charge on any atom is 0.249 e. The second-order valence-electron chi connectivity index (χ2n) is 5.27. The molecule has 1 atom stereocenters. The minimum Gasteiger partial charge on any atom is -0.411 e. The van der Waals surface area contributed by atoms with Gasteiger partial charge >= 0.3 is 0 Å². The lowest BCUT2D eigenvalue weighted by Crippen LogP contribution is -2.32. The zero-order valence-electron chi connectivity index (χ0n) is 12.4. The zero-order chi connectivity index (χ0) is 16.5. The van der Waals surface area contributed by atoms with E-state index < -0.39 is 6.04 Å². The minimum absolute atomic E-state index is 0.404. The largest absolute Gasteiger partial charge is 0.411 e. The van der Waals surface area contributed by atoms with Gasteiger partial charge in [-0.15, -0.1) is 0 Å². The van der Waals surface area contributed by atoms with Crippen molar-refractivity contribution < 1.29 is 5.21 Å². The van der Waals surface area contributed by atoms with Gasteiger partial charge < -0.3 is 5.21 Å². The van der Waals surface area contributed by atoms with Crippen LogP contribution in [0.2, 0.25) is 5.02 Å². The van der Waals surface area contributed by atoms with Gasteiger partial charge in [-0.25, -0.2) is 9.67 Å². The average Bonchev–Trinajstić information content (AvgIpc) is 3.10. The van der Waals surface area contributed by atoms with Gasteiger partial charge in [0.05, 0.1) is 0 Å². The lowest BCUT2D eigenvalue weighted by Gasteiger charge is -2.24. The molecular weight excluding hydrogens is 326 g/mol. The maximum absolute atomic E-state index is 9.69. The smallest absolute Gasteiger partial charge is 0.249 e. The molecule has 2 aromatic carbocycles. The topological polar surface area (TPSA) is 75.7 Å². The van der Waals surface area contributed by atoms with Crippen molar-refractivity contribution in [3.63, 3.8) is 0 Å². The fraction of sp³-hybridized carbons (Fsp3) is 0.0588. The Balaban J connectivity index is 1.91. The van der Waals surface area contributed by atoms with E-state index in [0.717, 1.165) is 11.1 Å². The van der Waals surface area contributed by atoms with Crippen molar-refractivity contribution in [3.05, 3.63) is 77.1 Å². The highest BCUT2D eigenvalue weighted by molar-refractivity contribution is 6.50. The van der Waals surface area contributed by atoms with Crippen molar-refractivity contribution in [1.29, 1.82) is 0 Å². The second kappa shape index (κ2) is 5.90. The predicted octanol–water partition coefficient (Wildman–Crippen LogP) is 3.49. The monoisotopic (exact) mass is 337 g/mol. The van der Waals surface area contributed by atoms with E-state index in [0.29, 0.717) is 22.4 Å². The van der Waals surface area contributed by atoms with E-state index in [9.17, 15) is 5.21 Å². The Morgan fingerprint density at radius 3 is 2.50 bits per heavy atom. The molecule has 0 radical (unpaired) electrons. The Labute approximate surface area is 142 Å². The van der Waals surface area contributed by atoms with Crippen LogP contribution in [0.4, 0.5) is 5.95 Å². The standard InChI is InChI=1S/C17H12ClN5O/c18-13-8-6-12(7-9-13)16-15(22-24)14(11-4-2-1-3-5-11)21-17-19-10-20-23(16)17/h1-10,16,24H/b22-15-/t16-/m1/s1. The van der Waals surface area contributed by atoms with Gasteiger partial charge in [0.25, 0.3) is 0 Å². The fourth-order valence-electron chi connectivity index (χ4n) is 2.76. The summed E-state index contributed by atoms with van der Waals surface area (Å²) in [5.41, 5.74) is 2.70. The molecule has 2 heterocycles. The quantitative estimate of drug-likeness (QED) is 0.574. The Hall–Kier alpha value is -2.99. The molecule has 0 amide bonds. The van der Waals surface area contributed by atoms with Crippen molar-refractivity contribution in [1.82, 2.24) is 14.8 Å². The summed E-state index contributed by atoms with van der Waals surface area (Å²) in [6, 6.07) is 16.4. The van der Waals surface area contributed by atoms with Crippen molar-refractivity contribution in [2.75, 3.05) is 0 Å². The van der Waals surface area contributed by atoms with Crippen LogP contribution >= 0.6 is 11.6 Å². The van der Waals surface area contributed by atoms with Crippen LogP contribution in [0.1, 0.15) is 17.2 Å². The van der Waals surface area contributed by atoms with E-state index in [1.807, 2.05) is 42.5 Å². The number of hydrogen-bond acceptors (Lipinski definition) is 5. The zero-order valence-corrected chi connectivity index (χ0v) is 13.2. The predicted molar refractivity (Wildman–Crippen MR) is 91.5 cm³/mol. The summed E-state index contributed by atoms with van der Waals surface area (Å²) >= 11 is 5.99. The number of aromatic nitrogens is 3. The van der Waals surface area contributed by atoms with Crippen LogP contribution in [0.15, 0.2) is 71.1 Å². The summed E-state index contributed by atoms with van der Waals surface area (Å²) in [5.74, 6) is 0.459. The Bertz CT molecular complexity index is 931. The number of halogens is 1. The lowest BCUT2D eigenvalue weighted by molar-refractivity contribution is 0.316. The fourth-order valence-corrected chi connectivity index (χ4v) is 2.89. The van der Waals surface area contributed by atoms with Crippen LogP contribution in [0.5, 0.6) is 0 Å². The highest BCUT2D eigenvalue weighted by atomic mass is 35.5. The first-order valence-electron chi connectivity index (χ1n) is 7.29. The summed E-state index contributed by atoms with van der Waals surface area (Å²) < 4.78 is 1.63. The maximum atomic E-state index is 9.69. The minimum atomic E-state index is -0.433. The van der Waals surface area contributed by atoms with Gasteiger partial charge in [0.2, 0.25) is 5.95 Å². The van der Waals surface area contributed by atoms with Gasteiger partial charge in [-0.05, 0) is 17.7 Å². The van der Waals surface area contributed by atoms with Crippen molar-refractivity contribution in [3.8, 4) is 0 Å². The van der Waals surface area contributed by atoms with Crippen molar-refractivity contribution in [2.45, 2.75) is 6.04 Å². The van der Waals surface area contributed by atoms with Gasteiger partial charge in [-0.3, -0.25) is 0 Å². The summed E-state index contributed by atoms with van der Waals surface area (Å²) in [6.07, 6.45) is 1.44. The van der Waals surface area contributed by atoms with E-state index in [-0.39, 0.29) is 0 Å². The summed E-state index contributed by atoms with van der Waals surface area (Å²) in [4.78, 5) is 8.71. The van der Waals surface area contributed by atoms with Crippen LogP contribution in [0, 0.1) is 0 Å². The van der Waals surface area contributed by atoms with Crippen LogP contribution in [-0.2, 0) is 0 Å². The molecule has 0 spiro atoms. The Kier molecular flexibility index (Phi) is 3.59. The third kappa shape index (κ3) is 2.37. The summed E-state index contributed by atoms with van der Waals surface area (Å²) in [7, 11) is 0. The molecule has 7 heteroatoms. The molecule has 0 unspecified atom stereocenters. The lowest BCUT2D eigenvalue weighted by atomic mass is 9.94. The first-order valence-corrected chi connectivity index (χ1v) is 7.67. The summed E-state index contributed by atoms with van der Waals surface area (Å²) in [5, 5.41) is 18.1. The molecule has 0 saturated heterocycles. The number of aliphatic imine (C=N–C) groups is 1. The van der Waals surface area contributed by atoms with Crippen LogP contribution in [-0.4, -0.2) is 31.4 Å². The number of oxime groups is 1. The van der Waals surface area contributed by atoms with Gasteiger partial charge in [0, 0.05) is 10.6 Å². The number of nitrogens with zero attached hydrogens (tertiary/aromatic N) is 5. The van der Waals surface area contributed by atoms with Crippen LogP contribution in [0.3, 0.4) is 0 Å². The third-order valence-corrected chi connectivity index (χ3v) is 4.10. The molecule has 3 aromatic rings. The number of benzene rings is 2. The number of fused-ring (bicyclic) bond motifs is 1. The average molecular weight is 338 g/mol. The molecule has 0 saturated carbocycles. The van der Waals surface area contributed by atoms with Crippen LogP contribution in [0.25, 0.3) is 0 Å². The SMILES string of the molecule is O/N=C1/C(c2ccccc2)=Nc2ncnn2[C@@H]1c1ccc(Cl)cc1. The van der Waals surface area contributed by atoms with Crippen molar-refractivity contribution >= 4 is 29.0 Å². The first kappa shape index (κ1) is 14.6. The van der Waals surface area contributed by atoms with Gasteiger partial charge in [0.1, 0.15) is 23.8 Å². The molecule has 0 aliphatic carbocycles. The van der Waals surface area contributed by atoms with E-state index in [4.69, 9.17) is 11.6 Å². The highest BCUT2D eigenvalue weighted by Gasteiger charge is 2.33. The third-order valence-electron chi connectivity index (χ3n) is 3.85. The van der Waals surface area contributed by atoms with E-state index >= 15 is 0 Å². The number of rotatable bonds is 2. The Morgan fingerprint density at radius 2 is 1.79 bits per heavy atom. The molecule has 0 bridgehead atoms. The molecule has 1 aromatic heterocycles. The highest BCUT2D eigenvalue weighted by Crippen LogP contribution is 2.31. The second-order valence-corrected chi connectivity index (χ2v) is 5.71. The normalized spacial score (nSPS) is 18.3. The van der Waals surface area contributed by atoms with Gasteiger partial charge in [-0.2, -0.15) is 10.1 Å². The number of hydrogen-bond donors (Lipinski definition) is 1. The van der Waals surface area contributed by atoms with E-state index in [1.165, 1.54) is 6.33 Å². The van der Waals surface area contributed by atoms with Gasteiger partial charge in [0.15, 0.2) is 0 Å². The first-order chi connectivity index (χ1) is 11.8. The molecule has 4 rings (SSSR count). The molecule has 1 N–H and O–H groups in total. The molecular formula is C17H12ClN5O. The van der Waals surface area contributed by atoms with Crippen LogP contribution < -0.4 is 0 Å².